The van der Waals surface area contributed by atoms with Gasteiger partial charge in [0.2, 0.25) is 0 Å². The number of hydrogen-bond acceptors (Lipinski definition) is 4. The molecule has 0 aliphatic rings. The number of pyridine rings is 2. The molecule has 0 aliphatic carbocycles. The number of hydrogen-bond donors (Lipinski definition) is 0. The molecular weight excluding hydrogens is 630 g/mol. The van der Waals surface area contributed by atoms with Gasteiger partial charge in [-0.3, -0.25) is 0 Å². The monoisotopic (exact) mass is 652 g/mol. The van der Waals surface area contributed by atoms with E-state index in [0.717, 1.165) is 0 Å². The Balaban J connectivity index is 1.45. The van der Waals surface area contributed by atoms with Crippen molar-refractivity contribution in [3.05, 3.63) is 145 Å². The quantitative estimate of drug-likeness (QED) is 0.168. The van der Waals surface area contributed by atoms with Gasteiger partial charge in [0.15, 0.2) is 11.5 Å². The molecule has 7 rings (SSSR count). The molecular formula is C38H22F6N2O2. The van der Waals surface area contributed by atoms with Gasteiger partial charge >= 0.3 is 12.4 Å². The summed E-state index contributed by atoms with van der Waals surface area (Å²) >= 11 is 0. The van der Waals surface area contributed by atoms with Gasteiger partial charge in [0, 0.05) is 11.1 Å². The lowest BCUT2D eigenvalue weighted by Crippen LogP contribution is -2.12. The predicted molar refractivity (Wildman–Crippen MR) is 169 cm³/mol. The van der Waals surface area contributed by atoms with E-state index in [1.165, 1.54) is 73.2 Å². The number of nitrogens with zero attached hydrogens (tertiary/aromatic N) is 2. The topological polar surface area (TPSA) is 52.1 Å². The third-order valence-electron chi connectivity index (χ3n) is 7.75. The maximum absolute atomic E-state index is 14.9. The van der Waals surface area contributed by atoms with Crippen LogP contribution in [-0.2, 0) is 12.4 Å². The molecule has 238 valence electrons. The Morgan fingerprint density at radius 1 is 0.417 bits per heavy atom. The molecule has 0 spiro atoms. The van der Waals surface area contributed by atoms with Crippen molar-refractivity contribution in [1.82, 2.24) is 9.97 Å². The SMILES string of the molecule is FC(F)(F)c1c(-c2ccc(-c3cc(-c4ccco4)nc(-c4ccccc4)c3C(F)(F)F)cc2)cc(-c2ccco2)nc1-c1ccccc1. The number of rotatable bonds is 6. The molecule has 4 nitrogen and oxygen atoms in total. The van der Waals surface area contributed by atoms with Crippen molar-refractivity contribution < 1.29 is 35.2 Å². The molecule has 0 saturated heterocycles. The lowest BCUT2D eigenvalue weighted by Gasteiger charge is -2.20. The highest BCUT2D eigenvalue weighted by molar-refractivity contribution is 5.84. The first-order valence-corrected chi connectivity index (χ1v) is 14.6. The van der Waals surface area contributed by atoms with Crippen molar-refractivity contribution >= 4 is 0 Å². The first-order chi connectivity index (χ1) is 23.1. The maximum atomic E-state index is 14.9. The normalized spacial score (nSPS) is 12.0. The van der Waals surface area contributed by atoms with Gasteiger partial charge in [-0.1, -0.05) is 84.9 Å². The van der Waals surface area contributed by atoms with Gasteiger partial charge < -0.3 is 8.83 Å². The summed E-state index contributed by atoms with van der Waals surface area (Å²) in [6.07, 6.45) is -6.88. The minimum absolute atomic E-state index is 0.121. The Hall–Kier alpha value is -5.90. The van der Waals surface area contributed by atoms with Crippen molar-refractivity contribution in [2.24, 2.45) is 0 Å². The van der Waals surface area contributed by atoms with Gasteiger partial charge in [0.25, 0.3) is 0 Å². The Labute approximate surface area is 270 Å². The first-order valence-electron chi connectivity index (χ1n) is 14.6. The molecule has 0 N–H and O–H groups in total. The summed E-state index contributed by atoms with van der Waals surface area (Å²) in [5.74, 6) is 0.508. The van der Waals surface area contributed by atoms with Crippen LogP contribution in [0.5, 0.6) is 0 Å². The summed E-state index contributed by atoms with van der Waals surface area (Å²) in [6.45, 7) is 0. The average molecular weight is 653 g/mol. The predicted octanol–water partition coefficient (Wildman–Crippen LogP) is 11.7. The fraction of sp³-hybridized carbons (Fsp3) is 0.0526. The zero-order valence-electron chi connectivity index (χ0n) is 24.7. The fourth-order valence-corrected chi connectivity index (χ4v) is 5.66. The van der Waals surface area contributed by atoms with Crippen LogP contribution in [-0.4, -0.2) is 9.97 Å². The van der Waals surface area contributed by atoms with Crippen LogP contribution in [0.1, 0.15) is 11.1 Å². The Kier molecular flexibility index (Phi) is 7.71. The van der Waals surface area contributed by atoms with E-state index < -0.39 is 23.5 Å². The van der Waals surface area contributed by atoms with E-state index in [9.17, 15) is 26.3 Å². The van der Waals surface area contributed by atoms with Gasteiger partial charge in [-0.15, -0.1) is 0 Å². The largest absolute Gasteiger partial charge is 0.463 e. The molecule has 7 aromatic rings. The second-order valence-corrected chi connectivity index (χ2v) is 10.8. The molecule has 4 aromatic heterocycles. The third kappa shape index (κ3) is 5.88. The molecule has 3 aromatic carbocycles. The van der Waals surface area contributed by atoms with E-state index in [4.69, 9.17) is 8.83 Å². The van der Waals surface area contributed by atoms with Crippen LogP contribution in [0.4, 0.5) is 26.3 Å². The van der Waals surface area contributed by atoms with Crippen LogP contribution in [0.3, 0.4) is 0 Å². The molecule has 0 amide bonds. The number of alkyl halides is 6. The average Bonchev–Trinajstić information content (AvgIpc) is 3.83. The van der Waals surface area contributed by atoms with Crippen LogP contribution in [0.25, 0.3) is 67.7 Å². The number of benzene rings is 3. The molecule has 0 bridgehead atoms. The lowest BCUT2D eigenvalue weighted by molar-refractivity contribution is -0.137. The number of halogens is 6. The fourth-order valence-electron chi connectivity index (χ4n) is 5.66. The van der Waals surface area contributed by atoms with Crippen LogP contribution in [0, 0.1) is 0 Å². The third-order valence-corrected chi connectivity index (χ3v) is 7.75. The van der Waals surface area contributed by atoms with E-state index >= 15 is 0 Å². The van der Waals surface area contributed by atoms with Crippen molar-refractivity contribution in [1.29, 1.82) is 0 Å². The van der Waals surface area contributed by atoms with Crippen molar-refractivity contribution in [3.8, 4) is 67.7 Å². The second kappa shape index (κ2) is 12.0. The summed E-state index contributed by atoms with van der Waals surface area (Å²) in [5, 5.41) is 0. The van der Waals surface area contributed by atoms with Crippen LogP contribution in [0.2, 0.25) is 0 Å². The standard InChI is InChI=1S/C38H22F6N2O2/c39-37(40,41)33-27(21-29(31-13-7-19-47-31)45-35(33)25-9-3-1-4-10-25)23-15-17-24(18-16-23)28-22-30(32-14-8-20-48-32)46-36(34(28)38(42,43)44)26-11-5-2-6-12-26/h1-22H. The highest BCUT2D eigenvalue weighted by Gasteiger charge is 2.40. The van der Waals surface area contributed by atoms with Crippen LogP contribution in [0.15, 0.2) is 143 Å². The molecule has 0 saturated carbocycles. The van der Waals surface area contributed by atoms with Crippen LogP contribution >= 0.6 is 0 Å². The minimum Gasteiger partial charge on any atom is -0.463 e. The summed E-state index contributed by atoms with van der Waals surface area (Å²) < 4.78 is 100. The van der Waals surface area contributed by atoms with Gasteiger partial charge in [0.05, 0.1) is 35.0 Å². The zero-order chi connectivity index (χ0) is 33.5. The van der Waals surface area contributed by atoms with Crippen molar-refractivity contribution in [3.63, 3.8) is 0 Å². The van der Waals surface area contributed by atoms with E-state index in [1.807, 2.05) is 0 Å². The number of furan rings is 2. The van der Waals surface area contributed by atoms with Gasteiger partial charge in [-0.05, 0) is 58.7 Å². The van der Waals surface area contributed by atoms with Gasteiger partial charge in [-0.2, -0.15) is 26.3 Å². The van der Waals surface area contributed by atoms with Gasteiger partial charge in [-0.25, -0.2) is 9.97 Å². The first kappa shape index (κ1) is 30.7. The minimum atomic E-state index is -4.83. The highest BCUT2D eigenvalue weighted by atomic mass is 19.4. The summed E-state index contributed by atoms with van der Waals surface area (Å²) in [7, 11) is 0. The molecule has 0 radical (unpaired) electrons. The van der Waals surface area contributed by atoms with Crippen molar-refractivity contribution in [2.45, 2.75) is 12.4 Å². The Bertz CT molecular complexity index is 2020. The zero-order valence-corrected chi connectivity index (χ0v) is 24.7. The molecule has 0 fully saturated rings. The summed E-state index contributed by atoms with van der Waals surface area (Å²) in [6, 6.07) is 30.3. The molecule has 10 heteroatoms. The molecule has 4 heterocycles. The Morgan fingerprint density at radius 3 is 1.10 bits per heavy atom. The van der Waals surface area contributed by atoms with E-state index in [-0.39, 0.29) is 67.7 Å². The highest BCUT2D eigenvalue weighted by Crippen LogP contribution is 2.47. The second-order valence-electron chi connectivity index (χ2n) is 10.8. The molecule has 48 heavy (non-hydrogen) atoms. The molecule has 0 atom stereocenters. The molecule has 0 aliphatic heterocycles. The van der Waals surface area contributed by atoms with Gasteiger partial charge in [0.1, 0.15) is 11.4 Å². The van der Waals surface area contributed by atoms with Crippen LogP contribution < -0.4 is 0 Å². The van der Waals surface area contributed by atoms with E-state index in [1.54, 1.807) is 60.7 Å². The lowest BCUT2D eigenvalue weighted by atomic mass is 9.91. The number of aromatic nitrogens is 2. The van der Waals surface area contributed by atoms with Crippen molar-refractivity contribution in [2.75, 3.05) is 0 Å². The summed E-state index contributed by atoms with van der Waals surface area (Å²) in [5.41, 5.74) is -1.95. The molecule has 0 unspecified atom stereocenters. The van der Waals surface area contributed by atoms with E-state index in [0.29, 0.717) is 0 Å². The Morgan fingerprint density at radius 2 is 0.792 bits per heavy atom. The smallest absolute Gasteiger partial charge is 0.419 e. The summed E-state index contributed by atoms with van der Waals surface area (Å²) in [4.78, 5) is 8.72. The maximum Gasteiger partial charge on any atom is 0.419 e. The van der Waals surface area contributed by atoms with E-state index in [2.05, 4.69) is 9.97 Å².